The predicted molar refractivity (Wildman–Crippen MR) is 61.4 cm³/mol. The van der Waals surface area contributed by atoms with Crippen molar-refractivity contribution < 1.29 is 4.79 Å². The van der Waals surface area contributed by atoms with E-state index in [-0.39, 0.29) is 6.04 Å². The molecule has 2 N–H and O–H groups in total. The Morgan fingerprint density at radius 2 is 2.36 bits per heavy atom. The highest BCUT2D eigenvalue weighted by molar-refractivity contribution is 7.98. The first-order chi connectivity index (χ1) is 6.65. The van der Waals surface area contributed by atoms with E-state index in [4.69, 9.17) is 5.73 Å². The molecule has 1 amide bonds. The lowest BCUT2D eigenvalue weighted by molar-refractivity contribution is -0.134. The van der Waals surface area contributed by atoms with Crippen molar-refractivity contribution in [1.82, 2.24) is 4.90 Å². The molecule has 0 bridgehead atoms. The molecule has 1 rings (SSSR count). The number of hydrogen-bond donors (Lipinski definition) is 1. The summed E-state index contributed by atoms with van der Waals surface area (Å²) in [7, 11) is 0. The topological polar surface area (TPSA) is 46.3 Å². The molecule has 0 saturated carbocycles. The summed E-state index contributed by atoms with van der Waals surface area (Å²) in [6.07, 6.45) is 4.60. The Labute approximate surface area is 90.4 Å². The van der Waals surface area contributed by atoms with Crippen molar-refractivity contribution >= 4 is 17.7 Å². The van der Waals surface area contributed by atoms with Crippen LogP contribution in [0.4, 0.5) is 0 Å². The van der Waals surface area contributed by atoms with Gasteiger partial charge in [-0.3, -0.25) is 4.79 Å². The molecule has 1 aliphatic rings. The Morgan fingerprint density at radius 3 is 2.93 bits per heavy atom. The van der Waals surface area contributed by atoms with Crippen LogP contribution < -0.4 is 5.73 Å². The molecule has 1 saturated heterocycles. The SMILES string of the molecule is CSCCC(=O)N1CCC(N)CC1C. The van der Waals surface area contributed by atoms with Gasteiger partial charge in [0, 0.05) is 30.8 Å². The van der Waals surface area contributed by atoms with E-state index in [2.05, 4.69) is 6.92 Å². The molecule has 14 heavy (non-hydrogen) atoms. The van der Waals surface area contributed by atoms with Gasteiger partial charge in [0.2, 0.25) is 5.91 Å². The number of nitrogens with two attached hydrogens (primary N) is 1. The number of carbonyl (C=O) groups excluding carboxylic acids is 1. The van der Waals surface area contributed by atoms with Crippen LogP contribution in [0.2, 0.25) is 0 Å². The molecule has 0 aliphatic carbocycles. The number of thioether (sulfide) groups is 1. The monoisotopic (exact) mass is 216 g/mol. The second kappa shape index (κ2) is 5.61. The summed E-state index contributed by atoms with van der Waals surface area (Å²) in [6, 6.07) is 0.614. The van der Waals surface area contributed by atoms with Gasteiger partial charge in [0.1, 0.15) is 0 Å². The second-order valence-electron chi connectivity index (χ2n) is 3.96. The highest BCUT2D eigenvalue weighted by Crippen LogP contribution is 2.17. The van der Waals surface area contributed by atoms with Crippen LogP contribution in [-0.2, 0) is 4.79 Å². The molecule has 82 valence electrons. The van der Waals surface area contributed by atoms with Crippen LogP contribution in [-0.4, -0.2) is 41.4 Å². The standard InChI is InChI=1S/C10H20N2OS/c1-8-7-9(11)3-5-12(8)10(13)4-6-14-2/h8-9H,3-7,11H2,1-2H3. The first kappa shape index (κ1) is 11.9. The molecule has 1 fully saturated rings. The lowest BCUT2D eigenvalue weighted by Crippen LogP contribution is -2.48. The van der Waals surface area contributed by atoms with Gasteiger partial charge in [-0.15, -0.1) is 0 Å². The van der Waals surface area contributed by atoms with Crippen molar-refractivity contribution in [3.63, 3.8) is 0 Å². The van der Waals surface area contributed by atoms with E-state index in [9.17, 15) is 4.79 Å². The third-order valence-electron chi connectivity index (χ3n) is 2.76. The average molecular weight is 216 g/mol. The van der Waals surface area contributed by atoms with E-state index in [1.54, 1.807) is 11.8 Å². The highest BCUT2D eigenvalue weighted by atomic mass is 32.2. The van der Waals surface area contributed by atoms with Gasteiger partial charge in [0.05, 0.1) is 0 Å². The minimum Gasteiger partial charge on any atom is -0.340 e. The summed E-state index contributed by atoms with van der Waals surface area (Å²) >= 11 is 1.72. The summed E-state index contributed by atoms with van der Waals surface area (Å²) in [5, 5.41) is 0. The second-order valence-corrected chi connectivity index (χ2v) is 4.95. The largest absolute Gasteiger partial charge is 0.340 e. The van der Waals surface area contributed by atoms with Gasteiger partial charge in [-0.25, -0.2) is 0 Å². The smallest absolute Gasteiger partial charge is 0.223 e. The third-order valence-corrected chi connectivity index (χ3v) is 3.37. The molecular formula is C10H20N2OS. The number of rotatable bonds is 3. The molecular weight excluding hydrogens is 196 g/mol. The Bertz CT molecular complexity index is 199. The van der Waals surface area contributed by atoms with Crippen molar-refractivity contribution in [3.8, 4) is 0 Å². The molecule has 3 nitrogen and oxygen atoms in total. The molecule has 2 unspecified atom stereocenters. The van der Waals surface area contributed by atoms with Crippen molar-refractivity contribution in [1.29, 1.82) is 0 Å². The minimum atomic E-state index is 0.287. The zero-order chi connectivity index (χ0) is 10.6. The van der Waals surface area contributed by atoms with Crippen molar-refractivity contribution in [2.45, 2.75) is 38.3 Å². The quantitative estimate of drug-likeness (QED) is 0.768. The zero-order valence-corrected chi connectivity index (χ0v) is 9.85. The highest BCUT2D eigenvalue weighted by Gasteiger charge is 2.26. The maximum absolute atomic E-state index is 11.7. The van der Waals surface area contributed by atoms with Crippen molar-refractivity contribution in [3.05, 3.63) is 0 Å². The molecule has 1 heterocycles. The molecule has 0 aromatic rings. The van der Waals surface area contributed by atoms with E-state index in [0.717, 1.165) is 25.1 Å². The Hall–Kier alpha value is -0.220. The summed E-state index contributed by atoms with van der Waals surface area (Å²) in [4.78, 5) is 13.7. The fourth-order valence-corrected chi connectivity index (χ4v) is 2.29. The van der Waals surface area contributed by atoms with E-state index >= 15 is 0 Å². The van der Waals surface area contributed by atoms with Crippen LogP contribution >= 0.6 is 11.8 Å². The Balaban J connectivity index is 2.39. The van der Waals surface area contributed by atoms with Gasteiger partial charge in [-0.1, -0.05) is 0 Å². The van der Waals surface area contributed by atoms with Crippen LogP contribution in [0, 0.1) is 0 Å². The van der Waals surface area contributed by atoms with Gasteiger partial charge in [-0.05, 0) is 26.0 Å². The molecule has 2 atom stereocenters. The predicted octanol–water partition coefficient (Wildman–Crippen LogP) is 1.08. The van der Waals surface area contributed by atoms with Gasteiger partial charge >= 0.3 is 0 Å². The van der Waals surface area contributed by atoms with Crippen LogP contribution in [0.25, 0.3) is 0 Å². The molecule has 1 aliphatic heterocycles. The lowest BCUT2D eigenvalue weighted by atomic mass is 9.99. The van der Waals surface area contributed by atoms with Crippen LogP contribution in [0.5, 0.6) is 0 Å². The first-order valence-corrected chi connectivity index (χ1v) is 6.58. The summed E-state index contributed by atoms with van der Waals surface area (Å²) < 4.78 is 0. The van der Waals surface area contributed by atoms with Gasteiger partial charge < -0.3 is 10.6 Å². The average Bonchev–Trinajstić information content (AvgIpc) is 2.14. The van der Waals surface area contributed by atoms with Gasteiger partial charge in [0.25, 0.3) is 0 Å². The fourth-order valence-electron chi connectivity index (χ4n) is 1.91. The maximum Gasteiger partial charge on any atom is 0.223 e. The Morgan fingerprint density at radius 1 is 1.64 bits per heavy atom. The summed E-state index contributed by atoms with van der Waals surface area (Å²) in [5.74, 6) is 1.22. The Kier molecular flexibility index (Phi) is 4.75. The molecule has 4 heteroatoms. The molecule has 0 spiro atoms. The number of hydrogen-bond acceptors (Lipinski definition) is 3. The van der Waals surface area contributed by atoms with E-state index in [0.29, 0.717) is 18.4 Å². The zero-order valence-electron chi connectivity index (χ0n) is 9.03. The van der Waals surface area contributed by atoms with E-state index in [1.165, 1.54) is 0 Å². The maximum atomic E-state index is 11.7. The first-order valence-electron chi connectivity index (χ1n) is 5.19. The third kappa shape index (κ3) is 3.17. The number of likely N-dealkylation sites (tertiary alicyclic amines) is 1. The minimum absolute atomic E-state index is 0.287. The number of nitrogens with zero attached hydrogens (tertiary/aromatic N) is 1. The number of amides is 1. The molecule has 0 aromatic carbocycles. The van der Waals surface area contributed by atoms with Gasteiger partial charge in [-0.2, -0.15) is 11.8 Å². The molecule has 0 aromatic heterocycles. The molecule has 0 radical (unpaired) electrons. The summed E-state index contributed by atoms with van der Waals surface area (Å²) in [6.45, 7) is 2.94. The summed E-state index contributed by atoms with van der Waals surface area (Å²) in [5.41, 5.74) is 5.85. The number of piperidine rings is 1. The van der Waals surface area contributed by atoms with Gasteiger partial charge in [0.15, 0.2) is 0 Å². The van der Waals surface area contributed by atoms with E-state index < -0.39 is 0 Å². The lowest BCUT2D eigenvalue weighted by Gasteiger charge is -2.36. The van der Waals surface area contributed by atoms with Crippen LogP contribution in [0.15, 0.2) is 0 Å². The fraction of sp³-hybridized carbons (Fsp3) is 0.900. The number of carbonyl (C=O) groups is 1. The van der Waals surface area contributed by atoms with Crippen LogP contribution in [0.1, 0.15) is 26.2 Å². The van der Waals surface area contributed by atoms with Crippen molar-refractivity contribution in [2.75, 3.05) is 18.6 Å². The van der Waals surface area contributed by atoms with Crippen molar-refractivity contribution in [2.24, 2.45) is 5.73 Å². The van der Waals surface area contributed by atoms with E-state index in [1.807, 2.05) is 11.2 Å². The normalized spacial score (nSPS) is 27.8. The van der Waals surface area contributed by atoms with Crippen LogP contribution in [0.3, 0.4) is 0 Å².